The van der Waals surface area contributed by atoms with Gasteiger partial charge in [0.15, 0.2) is 0 Å². The molecule has 5 heteroatoms. The van der Waals surface area contributed by atoms with Crippen molar-refractivity contribution in [1.82, 2.24) is 0 Å². The van der Waals surface area contributed by atoms with Gasteiger partial charge in [0, 0.05) is 18.3 Å². The topological polar surface area (TPSA) is 58.2 Å². The first-order valence-corrected chi connectivity index (χ1v) is 6.42. The molecule has 4 nitrogen and oxygen atoms in total. The third-order valence-corrected chi connectivity index (χ3v) is 3.01. The first-order valence-electron chi connectivity index (χ1n) is 6.42. The fourth-order valence-electron chi connectivity index (χ4n) is 1.93. The molecule has 0 bridgehead atoms. The highest BCUT2D eigenvalue weighted by Crippen LogP contribution is 2.24. The highest BCUT2D eigenvalue weighted by atomic mass is 19.1. The molecule has 0 radical (unpaired) electrons. The first kappa shape index (κ1) is 14.7. The highest BCUT2D eigenvalue weighted by molar-refractivity contribution is 6.05. The van der Waals surface area contributed by atoms with Crippen LogP contribution in [0.3, 0.4) is 0 Å². The zero-order valence-electron chi connectivity index (χ0n) is 11.7. The fraction of sp³-hybridized carbons (Fsp3) is 0.125. The zero-order chi connectivity index (χ0) is 15.4. The molecule has 0 fully saturated rings. The van der Waals surface area contributed by atoms with Crippen LogP contribution in [0.25, 0.3) is 0 Å². The number of rotatable bonds is 3. The van der Waals surface area contributed by atoms with Crippen LogP contribution in [0, 0.1) is 12.7 Å². The van der Waals surface area contributed by atoms with E-state index < -0.39 is 11.7 Å². The van der Waals surface area contributed by atoms with E-state index in [1.807, 2.05) is 0 Å². The summed E-state index contributed by atoms with van der Waals surface area (Å²) < 4.78 is 13.6. The second-order valence-electron chi connectivity index (χ2n) is 4.59. The number of nitrogens with one attached hydrogen (secondary N) is 2. The van der Waals surface area contributed by atoms with Gasteiger partial charge < -0.3 is 10.6 Å². The van der Waals surface area contributed by atoms with Crippen LogP contribution in [0.5, 0.6) is 0 Å². The minimum Gasteiger partial charge on any atom is -0.326 e. The SMILES string of the molecule is CC(=O)Nc1cccc(NC(=O)c2ccccc2F)c1C. The number of amides is 2. The molecule has 2 aromatic carbocycles. The summed E-state index contributed by atoms with van der Waals surface area (Å²) in [6.45, 7) is 3.17. The molecule has 0 aliphatic carbocycles. The highest BCUT2D eigenvalue weighted by Gasteiger charge is 2.13. The van der Waals surface area contributed by atoms with E-state index in [1.165, 1.54) is 25.1 Å². The van der Waals surface area contributed by atoms with Crippen LogP contribution < -0.4 is 10.6 Å². The smallest absolute Gasteiger partial charge is 0.258 e. The van der Waals surface area contributed by atoms with Gasteiger partial charge in [0.1, 0.15) is 5.82 Å². The standard InChI is InChI=1S/C16H15FN2O2/c1-10-14(18-11(2)20)8-5-9-15(10)19-16(21)12-6-3-4-7-13(12)17/h3-9H,1-2H3,(H,18,20)(H,19,21). The molecule has 0 spiro atoms. The molecule has 0 aromatic heterocycles. The maximum Gasteiger partial charge on any atom is 0.258 e. The molecule has 2 N–H and O–H groups in total. The van der Waals surface area contributed by atoms with Gasteiger partial charge in [-0.05, 0) is 36.8 Å². The van der Waals surface area contributed by atoms with Gasteiger partial charge in [-0.15, -0.1) is 0 Å². The molecule has 2 rings (SSSR count). The third-order valence-electron chi connectivity index (χ3n) is 3.01. The summed E-state index contributed by atoms with van der Waals surface area (Å²) in [4.78, 5) is 23.2. The van der Waals surface area contributed by atoms with E-state index in [-0.39, 0.29) is 11.5 Å². The molecule has 0 aliphatic heterocycles. The van der Waals surface area contributed by atoms with Crippen molar-refractivity contribution >= 4 is 23.2 Å². The van der Waals surface area contributed by atoms with E-state index in [4.69, 9.17) is 0 Å². The van der Waals surface area contributed by atoms with E-state index in [0.717, 1.165) is 0 Å². The van der Waals surface area contributed by atoms with Crippen LogP contribution in [-0.4, -0.2) is 11.8 Å². The van der Waals surface area contributed by atoms with E-state index in [0.29, 0.717) is 16.9 Å². The van der Waals surface area contributed by atoms with Gasteiger partial charge in [-0.25, -0.2) is 4.39 Å². The lowest BCUT2D eigenvalue weighted by atomic mass is 10.1. The van der Waals surface area contributed by atoms with Gasteiger partial charge in [0.05, 0.1) is 5.56 Å². The number of hydrogen-bond donors (Lipinski definition) is 2. The maximum absolute atomic E-state index is 13.6. The van der Waals surface area contributed by atoms with Gasteiger partial charge in [0.2, 0.25) is 5.91 Å². The number of carbonyl (C=O) groups is 2. The second-order valence-corrected chi connectivity index (χ2v) is 4.59. The van der Waals surface area contributed by atoms with E-state index in [9.17, 15) is 14.0 Å². The van der Waals surface area contributed by atoms with Crippen molar-refractivity contribution in [3.8, 4) is 0 Å². The van der Waals surface area contributed by atoms with Crippen LogP contribution in [0.4, 0.5) is 15.8 Å². The number of halogens is 1. The molecule has 0 saturated heterocycles. The quantitative estimate of drug-likeness (QED) is 0.909. The largest absolute Gasteiger partial charge is 0.326 e. The summed E-state index contributed by atoms with van der Waals surface area (Å²) in [5.41, 5.74) is 1.81. The van der Waals surface area contributed by atoms with Gasteiger partial charge in [-0.3, -0.25) is 9.59 Å². The van der Waals surface area contributed by atoms with E-state index in [2.05, 4.69) is 10.6 Å². The molecule has 0 aliphatic rings. The van der Waals surface area contributed by atoms with Crippen LogP contribution in [-0.2, 0) is 4.79 Å². The second kappa shape index (κ2) is 6.17. The lowest BCUT2D eigenvalue weighted by Gasteiger charge is -2.13. The summed E-state index contributed by atoms with van der Waals surface area (Å²) in [5.74, 6) is -1.31. The van der Waals surface area contributed by atoms with Crippen molar-refractivity contribution < 1.29 is 14.0 Å². The third kappa shape index (κ3) is 3.45. The Balaban J connectivity index is 2.26. The van der Waals surface area contributed by atoms with Crippen molar-refractivity contribution in [3.05, 3.63) is 59.4 Å². The summed E-state index contributed by atoms with van der Waals surface area (Å²) in [7, 11) is 0. The molecule has 0 unspecified atom stereocenters. The summed E-state index contributed by atoms with van der Waals surface area (Å²) in [5, 5.41) is 5.32. The minimum atomic E-state index is -0.578. The Kier molecular flexibility index (Phi) is 4.33. The molecular formula is C16H15FN2O2. The van der Waals surface area contributed by atoms with Crippen molar-refractivity contribution in [2.24, 2.45) is 0 Å². The lowest BCUT2D eigenvalue weighted by Crippen LogP contribution is -2.15. The predicted molar refractivity (Wildman–Crippen MR) is 79.8 cm³/mol. The average Bonchev–Trinajstić information content (AvgIpc) is 2.43. The van der Waals surface area contributed by atoms with Crippen LogP contribution in [0.2, 0.25) is 0 Å². The molecule has 2 amide bonds. The number of hydrogen-bond acceptors (Lipinski definition) is 2. The summed E-state index contributed by atoms with van der Waals surface area (Å²) >= 11 is 0. The van der Waals surface area contributed by atoms with Crippen molar-refractivity contribution in [2.75, 3.05) is 10.6 Å². The van der Waals surface area contributed by atoms with Crippen LogP contribution in [0.15, 0.2) is 42.5 Å². The Morgan fingerprint density at radius 2 is 1.57 bits per heavy atom. The Morgan fingerprint density at radius 1 is 0.952 bits per heavy atom. The maximum atomic E-state index is 13.6. The van der Waals surface area contributed by atoms with Crippen LogP contribution >= 0.6 is 0 Å². The number of anilines is 2. The van der Waals surface area contributed by atoms with Crippen molar-refractivity contribution in [2.45, 2.75) is 13.8 Å². The van der Waals surface area contributed by atoms with Crippen molar-refractivity contribution in [1.29, 1.82) is 0 Å². The molecule has 21 heavy (non-hydrogen) atoms. The number of benzene rings is 2. The molecule has 0 heterocycles. The predicted octanol–water partition coefficient (Wildman–Crippen LogP) is 3.34. The Labute approximate surface area is 122 Å². The Morgan fingerprint density at radius 3 is 2.19 bits per heavy atom. The van der Waals surface area contributed by atoms with Crippen molar-refractivity contribution in [3.63, 3.8) is 0 Å². The summed E-state index contributed by atoms with van der Waals surface area (Å²) in [6.07, 6.45) is 0. The van der Waals surface area contributed by atoms with E-state index >= 15 is 0 Å². The van der Waals surface area contributed by atoms with Gasteiger partial charge in [-0.2, -0.15) is 0 Å². The first-order chi connectivity index (χ1) is 9.99. The van der Waals surface area contributed by atoms with Gasteiger partial charge in [-0.1, -0.05) is 18.2 Å². The average molecular weight is 286 g/mol. The lowest BCUT2D eigenvalue weighted by molar-refractivity contribution is -0.114. The monoisotopic (exact) mass is 286 g/mol. The van der Waals surface area contributed by atoms with Crippen LogP contribution in [0.1, 0.15) is 22.8 Å². The fourth-order valence-corrected chi connectivity index (χ4v) is 1.93. The number of carbonyl (C=O) groups excluding carboxylic acids is 2. The molecule has 0 saturated carbocycles. The summed E-state index contributed by atoms with van der Waals surface area (Å²) in [6, 6.07) is 10.9. The zero-order valence-corrected chi connectivity index (χ0v) is 11.7. The van der Waals surface area contributed by atoms with Gasteiger partial charge in [0.25, 0.3) is 5.91 Å². The molecular weight excluding hydrogens is 271 g/mol. The van der Waals surface area contributed by atoms with Gasteiger partial charge >= 0.3 is 0 Å². The Hall–Kier alpha value is -2.69. The molecule has 0 atom stereocenters. The molecule has 2 aromatic rings. The Bertz CT molecular complexity index is 698. The minimum absolute atomic E-state index is 0.0261. The van der Waals surface area contributed by atoms with E-state index in [1.54, 1.807) is 31.2 Å². The normalized spacial score (nSPS) is 10.0. The molecule has 108 valence electrons.